The van der Waals surface area contributed by atoms with E-state index in [1.54, 1.807) is 37.6 Å². The molecule has 1 aromatic carbocycles. The summed E-state index contributed by atoms with van der Waals surface area (Å²) in [5.41, 5.74) is 0.812. The minimum Gasteiger partial charge on any atom is -0.466 e. The normalized spacial score (nSPS) is 11.8. The number of benzene rings is 1. The van der Waals surface area contributed by atoms with Gasteiger partial charge in [0, 0.05) is 13.6 Å². The van der Waals surface area contributed by atoms with Gasteiger partial charge in [0.25, 0.3) is 0 Å². The van der Waals surface area contributed by atoms with Gasteiger partial charge in [0.05, 0.1) is 11.9 Å². The van der Waals surface area contributed by atoms with Crippen molar-refractivity contribution in [2.24, 2.45) is 7.05 Å². The van der Waals surface area contributed by atoms with Gasteiger partial charge in [-0.05, 0) is 31.5 Å². The van der Waals surface area contributed by atoms with Crippen molar-refractivity contribution in [2.45, 2.75) is 37.2 Å². The lowest BCUT2D eigenvalue weighted by atomic mass is 10.2. The van der Waals surface area contributed by atoms with Crippen molar-refractivity contribution < 1.29 is 18.7 Å². The van der Waals surface area contributed by atoms with Crippen molar-refractivity contribution in [1.82, 2.24) is 20.1 Å². The molecule has 1 heterocycles. The molecule has 0 saturated carbocycles. The summed E-state index contributed by atoms with van der Waals surface area (Å²) in [4.78, 5) is 23.8. The summed E-state index contributed by atoms with van der Waals surface area (Å²) >= 11 is 1.24. The van der Waals surface area contributed by atoms with Crippen LogP contribution in [-0.2, 0) is 34.3 Å². The number of rotatable bonds is 8. The van der Waals surface area contributed by atoms with Crippen LogP contribution in [0.1, 0.15) is 25.2 Å². The van der Waals surface area contributed by atoms with E-state index in [9.17, 15) is 14.0 Å². The van der Waals surface area contributed by atoms with Gasteiger partial charge in [-0.3, -0.25) is 9.59 Å². The lowest BCUT2D eigenvalue weighted by Gasteiger charge is -2.11. The number of carbonyl (C=O) groups excluding carboxylic acids is 2. The van der Waals surface area contributed by atoms with E-state index in [0.29, 0.717) is 24.1 Å². The van der Waals surface area contributed by atoms with Crippen LogP contribution in [0.25, 0.3) is 0 Å². The van der Waals surface area contributed by atoms with E-state index in [-0.39, 0.29) is 24.1 Å². The van der Waals surface area contributed by atoms with E-state index in [0.717, 1.165) is 5.56 Å². The van der Waals surface area contributed by atoms with Gasteiger partial charge in [0.2, 0.25) is 5.91 Å². The zero-order chi connectivity index (χ0) is 19.1. The summed E-state index contributed by atoms with van der Waals surface area (Å²) in [7, 11) is 1.74. The number of hydrogen-bond acceptors (Lipinski definition) is 6. The van der Waals surface area contributed by atoms with Crippen LogP contribution >= 0.6 is 11.8 Å². The van der Waals surface area contributed by atoms with Gasteiger partial charge in [-0.15, -0.1) is 10.2 Å². The SMILES string of the molecule is CCOC(=O)Cc1nnc(S[C@H](C)C(=O)NCc2ccc(F)cc2)n1C. The highest BCUT2D eigenvalue weighted by Gasteiger charge is 2.19. The van der Waals surface area contributed by atoms with Crippen molar-refractivity contribution >= 4 is 23.6 Å². The van der Waals surface area contributed by atoms with Crippen LogP contribution in [0.3, 0.4) is 0 Å². The van der Waals surface area contributed by atoms with Gasteiger partial charge in [0.15, 0.2) is 5.16 Å². The minimum absolute atomic E-state index is 0.0308. The molecule has 2 aromatic rings. The number of nitrogens with one attached hydrogen (secondary N) is 1. The number of carbonyl (C=O) groups is 2. The third kappa shape index (κ3) is 5.55. The molecule has 0 fully saturated rings. The average Bonchev–Trinajstić information content (AvgIpc) is 2.94. The zero-order valence-electron chi connectivity index (χ0n) is 14.9. The van der Waals surface area contributed by atoms with Crippen molar-refractivity contribution in [2.75, 3.05) is 6.61 Å². The number of amides is 1. The van der Waals surface area contributed by atoms with Crippen LogP contribution < -0.4 is 5.32 Å². The second-order valence-electron chi connectivity index (χ2n) is 5.54. The summed E-state index contributed by atoms with van der Waals surface area (Å²) in [6.07, 6.45) is 0.0308. The van der Waals surface area contributed by atoms with Gasteiger partial charge in [-0.25, -0.2) is 4.39 Å². The van der Waals surface area contributed by atoms with E-state index in [1.807, 2.05) is 0 Å². The summed E-state index contributed by atoms with van der Waals surface area (Å²) < 4.78 is 19.5. The zero-order valence-corrected chi connectivity index (χ0v) is 15.7. The summed E-state index contributed by atoms with van der Waals surface area (Å²) in [6.45, 7) is 4.12. The molecule has 0 aliphatic rings. The van der Waals surface area contributed by atoms with E-state index < -0.39 is 5.25 Å². The lowest BCUT2D eigenvalue weighted by molar-refractivity contribution is -0.142. The molecule has 0 saturated heterocycles. The molecule has 140 valence electrons. The minimum atomic E-state index is -0.409. The van der Waals surface area contributed by atoms with Gasteiger partial charge < -0.3 is 14.6 Å². The molecule has 1 N–H and O–H groups in total. The Hall–Kier alpha value is -2.42. The Kier molecular flexibility index (Phi) is 7.14. The molecular formula is C17H21FN4O3S. The Morgan fingerprint density at radius 3 is 2.65 bits per heavy atom. The molecular weight excluding hydrogens is 359 g/mol. The molecule has 1 aromatic heterocycles. The Bertz CT molecular complexity index is 764. The van der Waals surface area contributed by atoms with Gasteiger partial charge in [-0.1, -0.05) is 23.9 Å². The molecule has 1 amide bonds. The largest absolute Gasteiger partial charge is 0.466 e. The predicted molar refractivity (Wildman–Crippen MR) is 94.9 cm³/mol. The third-order valence-corrected chi connectivity index (χ3v) is 4.70. The van der Waals surface area contributed by atoms with Crippen molar-refractivity contribution in [1.29, 1.82) is 0 Å². The highest BCUT2D eigenvalue weighted by Crippen LogP contribution is 2.21. The number of hydrogen-bond donors (Lipinski definition) is 1. The molecule has 0 aliphatic heterocycles. The molecule has 9 heteroatoms. The Balaban J connectivity index is 1.89. The number of esters is 1. The Morgan fingerprint density at radius 1 is 1.31 bits per heavy atom. The van der Waals surface area contributed by atoms with Crippen LogP contribution in [0.4, 0.5) is 4.39 Å². The maximum absolute atomic E-state index is 12.9. The van der Waals surface area contributed by atoms with E-state index >= 15 is 0 Å². The van der Waals surface area contributed by atoms with Crippen LogP contribution in [-0.4, -0.2) is 38.5 Å². The third-order valence-electron chi connectivity index (χ3n) is 3.56. The highest BCUT2D eigenvalue weighted by molar-refractivity contribution is 8.00. The fraction of sp³-hybridized carbons (Fsp3) is 0.412. The quantitative estimate of drug-likeness (QED) is 0.556. The molecule has 0 spiro atoms. The second kappa shape index (κ2) is 9.33. The molecule has 26 heavy (non-hydrogen) atoms. The molecule has 0 unspecified atom stereocenters. The molecule has 1 atom stereocenters. The number of thioether (sulfide) groups is 1. The fourth-order valence-electron chi connectivity index (χ4n) is 2.09. The van der Waals surface area contributed by atoms with Crippen LogP contribution in [0, 0.1) is 5.82 Å². The number of aromatic nitrogens is 3. The predicted octanol–water partition coefficient (Wildman–Crippen LogP) is 1.86. The van der Waals surface area contributed by atoms with Crippen molar-refractivity contribution in [3.63, 3.8) is 0 Å². The van der Waals surface area contributed by atoms with Gasteiger partial charge in [-0.2, -0.15) is 0 Å². The first-order valence-corrected chi connectivity index (χ1v) is 9.01. The van der Waals surface area contributed by atoms with E-state index in [2.05, 4.69) is 15.5 Å². The molecule has 0 radical (unpaired) electrons. The summed E-state index contributed by atoms with van der Waals surface area (Å²) in [6, 6.07) is 5.95. The summed E-state index contributed by atoms with van der Waals surface area (Å²) in [5, 5.41) is 10.9. The standard InChI is InChI=1S/C17H21FN4O3S/c1-4-25-15(23)9-14-20-21-17(22(14)3)26-11(2)16(24)19-10-12-5-7-13(18)8-6-12/h5-8,11H,4,9-10H2,1-3H3,(H,19,24)/t11-/m1/s1. The summed E-state index contributed by atoms with van der Waals surface area (Å²) in [5.74, 6) is -0.381. The van der Waals surface area contributed by atoms with Crippen molar-refractivity contribution in [3.05, 3.63) is 41.5 Å². The first kappa shape index (κ1) is 19.9. The Labute approximate surface area is 155 Å². The van der Waals surface area contributed by atoms with Crippen LogP contribution in [0.15, 0.2) is 29.4 Å². The van der Waals surface area contributed by atoms with E-state index in [1.165, 1.54) is 23.9 Å². The molecule has 0 bridgehead atoms. The fourth-order valence-corrected chi connectivity index (χ4v) is 2.95. The maximum Gasteiger partial charge on any atom is 0.313 e. The lowest BCUT2D eigenvalue weighted by Crippen LogP contribution is -2.30. The van der Waals surface area contributed by atoms with E-state index in [4.69, 9.17) is 4.74 Å². The average molecular weight is 380 g/mol. The topological polar surface area (TPSA) is 86.1 Å². The molecule has 7 nitrogen and oxygen atoms in total. The number of nitrogens with zero attached hydrogens (tertiary/aromatic N) is 3. The van der Waals surface area contributed by atoms with Gasteiger partial charge in [0.1, 0.15) is 18.1 Å². The van der Waals surface area contributed by atoms with Crippen LogP contribution in [0.2, 0.25) is 0 Å². The number of ether oxygens (including phenoxy) is 1. The van der Waals surface area contributed by atoms with Crippen molar-refractivity contribution in [3.8, 4) is 0 Å². The second-order valence-corrected chi connectivity index (χ2v) is 6.85. The Morgan fingerprint density at radius 2 is 2.00 bits per heavy atom. The molecule has 2 rings (SSSR count). The maximum atomic E-state index is 12.9. The smallest absolute Gasteiger partial charge is 0.313 e. The first-order chi connectivity index (χ1) is 12.4. The highest BCUT2D eigenvalue weighted by atomic mass is 32.2. The number of halogens is 1. The first-order valence-electron chi connectivity index (χ1n) is 8.13. The van der Waals surface area contributed by atoms with Crippen LogP contribution in [0.5, 0.6) is 0 Å². The van der Waals surface area contributed by atoms with Gasteiger partial charge >= 0.3 is 5.97 Å². The monoisotopic (exact) mass is 380 g/mol. The molecule has 0 aliphatic carbocycles.